The van der Waals surface area contributed by atoms with E-state index in [9.17, 15) is 4.79 Å². The van der Waals surface area contributed by atoms with Crippen LogP contribution in [0, 0.1) is 3.57 Å². The zero-order chi connectivity index (χ0) is 18.9. The molecule has 0 spiro atoms. The lowest BCUT2D eigenvalue weighted by molar-refractivity contribution is 0.0497. The Morgan fingerprint density at radius 3 is 2.65 bits per heavy atom. The second kappa shape index (κ2) is 7.75. The van der Waals surface area contributed by atoms with E-state index in [0.29, 0.717) is 5.19 Å². The van der Waals surface area contributed by atoms with E-state index in [-0.39, 0.29) is 12.1 Å². The van der Waals surface area contributed by atoms with Crippen LogP contribution in [-0.2, 0) is 4.74 Å². The molecular weight excluding hydrogens is 465 g/mol. The summed E-state index contributed by atoms with van der Waals surface area (Å²) in [5, 5.41) is 3.68. The van der Waals surface area contributed by atoms with E-state index >= 15 is 0 Å². The Morgan fingerprint density at radius 2 is 2.04 bits per heavy atom. The van der Waals surface area contributed by atoms with Gasteiger partial charge in [-0.2, -0.15) is 0 Å². The van der Waals surface area contributed by atoms with E-state index in [1.807, 2.05) is 20.8 Å². The highest BCUT2D eigenvalue weighted by molar-refractivity contribution is 14.1. The van der Waals surface area contributed by atoms with Crippen molar-refractivity contribution in [3.8, 4) is 5.19 Å². The van der Waals surface area contributed by atoms with Crippen molar-refractivity contribution < 1.29 is 14.3 Å². The molecule has 0 radical (unpaired) electrons. The number of benzene rings is 1. The van der Waals surface area contributed by atoms with E-state index in [0.717, 1.165) is 39.7 Å². The number of hydrogen-bond donors (Lipinski definition) is 1. The number of ether oxygens (including phenoxy) is 2. The summed E-state index contributed by atoms with van der Waals surface area (Å²) in [6.45, 7) is 7.40. The van der Waals surface area contributed by atoms with E-state index < -0.39 is 5.60 Å². The summed E-state index contributed by atoms with van der Waals surface area (Å²) in [5.74, 6) is 0. The van der Waals surface area contributed by atoms with Crippen LogP contribution < -0.4 is 15.0 Å². The van der Waals surface area contributed by atoms with Gasteiger partial charge < -0.3 is 19.7 Å². The van der Waals surface area contributed by atoms with Gasteiger partial charge >= 0.3 is 6.09 Å². The summed E-state index contributed by atoms with van der Waals surface area (Å²) in [5.41, 5.74) is 1.72. The number of rotatable bonds is 3. The fourth-order valence-electron chi connectivity index (χ4n) is 3.02. The lowest BCUT2D eigenvalue weighted by Gasteiger charge is -2.34. The van der Waals surface area contributed by atoms with Crippen molar-refractivity contribution in [3.05, 3.63) is 15.7 Å². The van der Waals surface area contributed by atoms with Crippen LogP contribution in [0.3, 0.4) is 0 Å². The number of carbonyl (C=O) groups is 1. The topological polar surface area (TPSA) is 63.7 Å². The number of nitrogens with zero attached hydrogens (tertiary/aromatic N) is 2. The molecule has 3 rings (SSSR count). The number of nitrogens with one attached hydrogen (secondary N) is 1. The minimum atomic E-state index is -0.469. The quantitative estimate of drug-likeness (QED) is 0.648. The third-order valence-corrected chi connectivity index (χ3v) is 6.09. The summed E-state index contributed by atoms with van der Waals surface area (Å²) >= 11 is 3.89. The van der Waals surface area contributed by atoms with Gasteiger partial charge in [-0.05, 0) is 68.3 Å². The van der Waals surface area contributed by atoms with E-state index in [2.05, 4.69) is 49.9 Å². The van der Waals surface area contributed by atoms with Crippen molar-refractivity contribution in [3.63, 3.8) is 0 Å². The first-order chi connectivity index (χ1) is 12.3. The number of amides is 1. The average molecular weight is 489 g/mol. The largest absolute Gasteiger partial charge is 0.473 e. The summed E-state index contributed by atoms with van der Waals surface area (Å²) in [4.78, 5) is 18.9. The summed E-state index contributed by atoms with van der Waals surface area (Å²) in [6, 6.07) is 4.41. The molecule has 1 aromatic carbocycles. The van der Waals surface area contributed by atoms with Gasteiger partial charge in [0.15, 0.2) is 0 Å². The molecule has 1 N–H and O–H groups in total. The van der Waals surface area contributed by atoms with E-state index in [1.165, 1.54) is 5.69 Å². The molecule has 0 unspecified atom stereocenters. The number of thiazole rings is 1. The number of hydrogen-bond acceptors (Lipinski definition) is 6. The number of methoxy groups -OCH3 is 1. The van der Waals surface area contributed by atoms with Crippen LogP contribution >= 0.6 is 33.9 Å². The monoisotopic (exact) mass is 489 g/mol. The van der Waals surface area contributed by atoms with Crippen LogP contribution in [0.2, 0.25) is 0 Å². The van der Waals surface area contributed by atoms with Gasteiger partial charge in [0.1, 0.15) is 11.1 Å². The Morgan fingerprint density at radius 1 is 1.35 bits per heavy atom. The zero-order valence-corrected chi connectivity index (χ0v) is 18.4. The van der Waals surface area contributed by atoms with Gasteiger partial charge in [0, 0.05) is 22.7 Å². The Bertz CT molecular complexity index is 795. The summed E-state index contributed by atoms with van der Waals surface area (Å²) < 4.78 is 13.0. The Kier molecular flexibility index (Phi) is 5.81. The number of halogens is 1. The van der Waals surface area contributed by atoms with Gasteiger partial charge in [0.05, 0.1) is 17.5 Å². The Hall–Kier alpha value is -1.29. The molecule has 1 fully saturated rings. The van der Waals surface area contributed by atoms with Crippen LogP contribution in [0.25, 0.3) is 10.2 Å². The third kappa shape index (κ3) is 4.51. The van der Waals surface area contributed by atoms with Crippen LogP contribution in [0.4, 0.5) is 10.5 Å². The first-order valence-electron chi connectivity index (χ1n) is 8.64. The Labute approximate surface area is 171 Å². The first kappa shape index (κ1) is 19.5. The minimum absolute atomic E-state index is 0.149. The lowest BCUT2D eigenvalue weighted by atomic mass is 10.0. The van der Waals surface area contributed by atoms with Crippen molar-refractivity contribution in [2.75, 3.05) is 25.1 Å². The highest BCUT2D eigenvalue weighted by Crippen LogP contribution is 2.38. The molecule has 0 aliphatic carbocycles. The highest BCUT2D eigenvalue weighted by atomic mass is 127. The molecule has 0 bridgehead atoms. The predicted molar refractivity (Wildman–Crippen MR) is 113 cm³/mol. The maximum atomic E-state index is 12.0. The van der Waals surface area contributed by atoms with Crippen molar-refractivity contribution in [1.82, 2.24) is 10.3 Å². The van der Waals surface area contributed by atoms with Crippen LogP contribution in [0.5, 0.6) is 5.19 Å². The molecule has 1 saturated heterocycles. The van der Waals surface area contributed by atoms with Crippen molar-refractivity contribution in [1.29, 1.82) is 0 Å². The van der Waals surface area contributed by atoms with Gasteiger partial charge in [0.2, 0.25) is 0 Å². The van der Waals surface area contributed by atoms with E-state index in [1.54, 1.807) is 18.4 Å². The van der Waals surface area contributed by atoms with E-state index in [4.69, 9.17) is 9.47 Å². The van der Waals surface area contributed by atoms with Gasteiger partial charge in [-0.1, -0.05) is 11.3 Å². The van der Waals surface area contributed by atoms with Crippen molar-refractivity contribution in [2.45, 2.75) is 45.3 Å². The van der Waals surface area contributed by atoms with Crippen LogP contribution in [0.1, 0.15) is 33.6 Å². The number of alkyl carbamates (subject to hydrolysis) is 1. The number of anilines is 1. The lowest BCUT2D eigenvalue weighted by Crippen LogP contribution is -2.46. The van der Waals surface area contributed by atoms with Crippen LogP contribution in [0.15, 0.2) is 12.1 Å². The number of piperidine rings is 1. The molecule has 1 aliphatic rings. The molecule has 0 atom stereocenters. The smallest absolute Gasteiger partial charge is 0.407 e. The van der Waals surface area contributed by atoms with Gasteiger partial charge in [0.25, 0.3) is 5.19 Å². The predicted octanol–water partition coefficient (Wildman–Crippen LogP) is 4.40. The average Bonchev–Trinajstić information content (AvgIpc) is 3.00. The van der Waals surface area contributed by atoms with Gasteiger partial charge in [-0.25, -0.2) is 9.78 Å². The maximum absolute atomic E-state index is 12.0. The molecule has 0 saturated carbocycles. The highest BCUT2D eigenvalue weighted by Gasteiger charge is 2.25. The second-order valence-electron chi connectivity index (χ2n) is 7.34. The zero-order valence-electron chi connectivity index (χ0n) is 15.5. The first-order valence-corrected chi connectivity index (χ1v) is 10.5. The number of fused-ring (bicyclic) bond motifs is 1. The fraction of sp³-hybridized carbons (Fsp3) is 0.556. The normalized spacial score (nSPS) is 16.0. The van der Waals surface area contributed by atoms with Crippen LogP contribution in [-0.4, -0.2) is 42.9 Å². The summed E-state index contributed by atoms with van der Waals surface area (Å²) in [6.07, 6.45) is 1.45. The molecule has 6 nitrogen and oxygen atoms in total. The SMILES string of the molecule is COc1nc2c(I)ccc(N3CCC(NC(=O)OC(C)(C)C)CC3)c2s1. The molecule has 1 aromatic heterocycles. The third-order valence-electron chi connectivity index (χ3n) is 4.19. The van der Waals surface area contributed by atoms with Crippen molar-refractivity contribution >= 4 is 55.9 Å². The molecule has 2 heterocycles. The summed E-state index contributed by atoms with van der Waals surface area (Å²) in [7, 11) is 1.65. The fourth-order valence-corrected chi connectivity index (χ4v) is 4.72. The molecule has 1 amide bonds. The maximum Gasteiger partial charge on any atom is 0.407 e. The van der Waals surface area contributed by atoms with Gasteiger partial charge in [-0.3, -0.25) is 0 Å². The standard InChI is InChI=1S/C18H24IN3O3S/c1-18(2,3)25-16(23)20-11-7-9-22(10-8-11)13-6-5-12(19)14-15(13)26-17(21-14)24-4/h5-6,11H,7-10H2,1-4H3,(H,20,23). The Balaban J connectivity index is 1.67. The number of carbonyl (C=O) groups excluding carboxylic acids is 1. The van der Waals surface area contributed by atoms with Crippen molar-refractivity contribution in [2.24, 2.45) is 0 Å². The second-order valence-corrected chi connectivity index (χ2v) is 9.46. The van der Waals surface area contributed by atoms with Gasteiger partial charge in [-0.15, -0.1) is 0 Å². The number of aromatic nitrogens is 1. The molecule has 1 aliphatic heterocycles. The molecular formula is C18H24IN3O3S. The molecule has 142 valence electrons. The molecule has 8 heteroatoms. The molecule has 26 heavy (non-hydrogen) atoms. The molecule has 2 aromatic rings. The minimum Gasteiger partial charge on any atom is -0.473 e.